The summed E-state index contributed by atoms with van der Waals surface area (Å²) in [7, 11) is 0. The van der Waals surface area contributed by atoms with Crippen molar-refractivity contribution >= 4 is 17.5 Å². The number of pyridine rings is 2. The Kier molecular flexibility index (Phi) is 6.45. The first kappa shape index (κ1) is 22.4. The summed E-state index contributed by atoms with van der Waals surface area (Å²) in [6, 6.07) is 19.2. The molecule has 4 N–H and O–H groups in total. The third-order valence-corrected chi connectivity index (χ3v) is 4.85. The highest BCUT2D eigenvalue weighted by atomic mass is 19.1. The number of halogens is 1. The minimum atomic E-state index is -0.762. The van der Waals surface area contributed by atoms with Crippen molar-refractivity contribution in [3.8, 4) is 11.5 Å². The van der Waals surface area contributed by atoms with E-state index in [1.165, 1.54) is 36.5 Å². The summed E-state index contributed by atoms with van der Waals surface area (Å²) in [5.41, 5.74) is 6.32. The van der Waals surface area contributed by atoms with E-state index < -0.39 is 23.2 Å². The topological polar surface area (TPSA) is 127 Å². The first-order chi connectivity index (χ1) is 16.4. The van der Waals surface area contributed by atoms with Crippen LogP contribution >= 0.6 is 0 Å². The molecule has 0 aliphatic rings. The van der Waals surface area contributed by atoms with Crippen LogP contribution in [0.2, 0.25) is 0 Å². The van der Waals surface area contributed by atoms with E-state index in [1.807, 2.05) is 30.3 Å². The van der Waals surface area contributed by atoms with Crippen LogP contribution in [-0.4, -0.2) is 21.8 Å². The van der Waals surface area contributed by atoms with Crippen molar-refractivity contribution in [2.45, 2.75) is 6.42 Å². The first-order valence-corrected chi connectivity index (χ1v) is 10.2. The molecule has 0 saturated heterocycles. The van der Waals surface area contributed by atoms with Gasteiger partial charge in [-0.25, -0.2) is 4.39 Å². The fourth-order valence-corrected chi connectivity index (χ4v) is 3.21. The molecule has 0 spiro atoms. The quantitative estimate of drug-likeness (QED) is 0.390. The van der Waals surface area contributed by atoms with E-state index >= 15 is 0 Å². The molecule has 0 fully saturated rings. The van der Waals surface area contributed by atoms with Gasteiger partial charge in [-0.15, -0.1) is 0 Å². The molecule has 0 saturated carbocycles. The fourth-order valence-electron chi connectivity index (χ4n) is 3.21. The molecule has 2 heterocycles. The number of aromatic nitrogens is 2. The molecule has 2 aromatic heterocycles. The van der Waals surface area contributed by atoms with E-state index in [2.05, 4.69) is 15.3 Å². The van der Waals surface area contributed by atoms with Gasteiger partial charge in [0, 0.05) is 36.1 Å². The van der Waals surface area contributed by atoms with Gasteiger partial charge in [-0.1, -0.05) is 30.3 Å². The smallest absolute Gasteiger partial charge is 0.267 e. The van der Waals surface area contributed by atoms with Crippen molar-refractivity contribution in [1.82, 2.24) is 9.97 Å². The number of amides is 2. The molecule has 4 aromatic rings. The van der Waals surface area contributed by atoms with Gasteiger partial charge >= 0.3 is 0 Å². The lowest BCUT2D eigenvalue weighted by atomic mass is 10.1. The highest BCUT2D eigenvalue weighted by Crippen LogP contribution is 2.27. The predicted octanol–water partition coefficient (Wildman–Crippen LogP) is 3.64. The van der Waals surface area contributed by atoms with E-state index in [0.717, 1.165) is 11.6 Å². The first-order valence-electron chi connectivity index (χ1n) is 10.2. The van der Waals surface area contributed by atoms with Crippen LogP contribution < -0.4 is 21.3 Å². The monoisotopic (exact) mass is 458 g/mol. The van der Waals surface area contributed by atoms with Gasteiger partial charge in [-0.3, -0.25) is 19.4 Å². The van der Waals surface area contributed by atoms with Crippen LogP contribution in [-0.2, 0) is 6.42 Å². The second kappa shape index (κ2) is 9.78. The number of hydrogen-bond acceptors (Lipinski definition) is 5. The third kappa shape index (κ3) is 5.33. The lowest BCUT2D eigenvalue weighted by Crippen LogP contribution is -2.24. The number of nitrogens with two attached hydrogens (primary N) is 1. The zero-order chi connectivity index (χ0) is 24.1. The number of benzene rings is 2. The lowest BCUT2D eigenvalue weighted by Gasteiger charge is -2.10. The number of hydrogen-bond donors (Lipinski definition) is 3. The van der Waals surface area contributed by atoms with Gasteiger partial charge in [-0.2, -0.15) is 0 Å². The molecule has 2 aromatic carbocycles. The fraction of sp³-hybridized carbons (Fsp3) is 0.0400. The Balaban J connectivity index is 1.45. The maximum absolute atomic E-state index is 14.5. The summed E-state index contributed by atoms with van der Waals surface area (Å²) in [6.07, 6.45) is 1.83. The van der Waals surface area contributed by atoms with E-state index in [4.69, 9.17) is 10.5 Å². The standard InChI is InChI=1S/C25H19FN4O4/c26-20-13-17(7-9-22(20)34-18-10-11-28-21(14-18)23(27)31)30-25(33)19-8-6-16(29-24(19)32)12-15-4-2-1-3-5-15/h1-11,13-14H,12H2,(H2,27,31)(H,29,32)(H,30,33). The molecule has 0 radical (unpaired) electrons. The Labute approximate surface area is 193 Å². The average Bonchev–Trinajstić information content (AvgIpc) is 2.82. The Morgan fingerprint density at radius 3 is 2.53 bits per heavy atom. The molecule has 0 aliphatic heterocycles. The zero-order valence-electron chi connectivity index (χ0n) is 17.7. The largest absolute Gasteiger partial charge is 0.454 e. The van der Waals surface area contributed by atoms with Crippen LogP contribution in [0.4, 0.5) is 10.1 Å². The van der Waals surface area contributed by atoms with E-state index in [0.29, 0.717) is 12.1 Å². The summed E-state index contributed by atoms with van der Waals surface area (Å²) in [4.78, 5) is 42.7. The van der Waals surface area contributed by atoms with Crippen LogP contribution in [0.15, 0.2) is 83.8 Å². The van der Waals surface area contributed by atoms with Gasteiger partial charge < -0.3 is 20.8 Å². The van der Waals surface area contributed by atoms with Gasteiger partial charge in [0.15, 0.2) is 11.6 Å². The van der Waals surface area contributed by atoms with Crippen molar-refractivity contribution in [2.75, 3.05) is 5.32 Å². The number of primary amides is 1. The number of ether oxygens (including phenoxy) is 1. The molecule has 9 heteroatoms. The molecule has 4 rings (SSSR count). The van der Waals surface area contributed by atoms with Crippen LogP contribution in [0.5, 0.6) is 11.5 Å². The molecular formula is C25H19FN4O4. The summed E-state index contributed by atoms with van der Waals surface area (Å²) < 4.78 is 20.0. The van der Waals surface area contributed by atoms with Gasteiger partial charge in [0.05, 0.1) is 0 Å². The Morgan fingerprint density at radius 2 is 1.82 bits per heavy atom. The maximum atomic E-state index is 14.5. The molecule has 170 valence electrons. The number of aromatic amines is 1. The van der Waals surface area contributed by atoms with Gasteiger partial charge in [0.2, 0.25) is 0 Å². The highest BCUT2D eigenvalue weighted by Gasteiger charge is 2.14. The molecule has 0 aliphatic carbocycles. The molecule has 0 unspecified atom stereocenters. The second-order valence-corrected chi connectivity index (χ2v) is 7.33. The zero-order valence-corrected chi connectivity index (χ0v) is 17.7. The summed E-state index contributed by atoms with van der Waals surface area (Å²) in [5.74, 6) is -2.15. The molecule has 8 nitrogen and oxygen atoms in total. The minimum Gasteiger partial charge on any atom is -0.454 e. The van der Waals surface area contributed by atoms with Gasteiger partial charge in [0.25, 0.3) is 17.4 Å². The predicted molar refractivity (Wildman–Crippen MR) is 123 cm³/mol. The Bertz CT molecular complexity index is 1420. The van der Waals surface area contributed by atoms with Crippen LogP contribution in [0, 0.1) is 5.82 Å². The minimum absolute atomic E-state index is 0.0261. The number of anilines is 1. The van der Waals surface area contributed by atoms with Gasteiger partial charge in [0.1, 0.15) is 17.0 Å². The van der Waals surface area contributed by atoms with Crippen molar-refractivity contribution in [3.63, 3.8) is 0 Å². The normalized spacial score (nSPS) is 10.5. The molecule has 0 atom stereocenters. The lowest BCUT2D eigenvalue weighted by molar-refractivity contribution is 0.0993. The van der Waals surface area contributed by atoms with E-state index in [-0.39, 0.29) is 28.4 Å². The summed E-state index contributed by atoms with van der Waals surface area (Å²) in [5, 5.41) is 2.50. The van der Waals surface area contributed by atoms with E-state index in [9.17, 15) is 18.8 Å². The Hall–Kier alpha value is -4.79. The van der Waals surface area contributed by atoms with Crippen LogP contribution in [0.25, 0.3) is 0 Å². The van der Waals surface area contributed by atoms with Crippen LogP contribution in [0.1, 0.15) is 32.1 Å². The second-order valence-electron chi connectivity index (χ2n) is 7.33. The highest BCUT2D eigenvalue weighted by molar-refractivity contribution is 6.04. The number of rotatable bonds is 7. The third-order valence-electron chi connectivity index (χ3n) is 4.85. The summed E-state index contributed by atoms with van der Waals surface area (Å²) in [6.45, 7) is 0. The molecule has 0 bridgehead atoms. The molecule has 2 amide bonds. The van der Waals surface area contributed by atoms with Crippen molar-refractivity contribution in [2.24, 2.45) is 5.73 Å². The molecule has 34 heavy (non-hydrogen) atoms. The Morgan fingerprint density at radius 1 is 1.03 bits per heavy atom. The number of nitrogens with one attached hydrogen (secondary N) is 2. The summed E-state index contributed by atoms with van der Waals surface area (Å²) >= 11 is 0. The average molecular weight is 458 g/mol. The number of H-pyrrole nitrogens is 1. The number of nitrogens with zero attached hydrogens (tertiary/aromatic N) is 1. The van der Waals surface area contributed by atoms with Crippen LogP contribution in [0.3, 0.4) is 0 Å². The van der Waals surface area contributed by atoms with Crippen molar-refractivity contribution < 1.29 is 18.7 Å². The number of carbonyl (C=O) groups is 2. The van der Waals surface area contributed by atoms with E-state index in [1.54, 1.807) is 6.07 Å². The maximum Gasteiger partial charge on any atom is 0.267 e. The van der Waals surface area contributed by atoms with Gasteiger partial charge in [-0.05, 0) is 35.9 Å². The number of carbonyl (C=O) groups excluding carboxylic acids is 2. The molecular weight excluding hydrogens is 439 g/mol. The van der Waals surface area contributed by atoms with Crippen molar-refractivity contribution in [1.29, 1.82) is 0 Å². The SMILES string of the molecule is NC(=O)c1cc(Oc2ccc(NC(=O)c3ccc(Cc4ccccc4)[nH]c3=O)cc2F)ccn1. The van der Waals surface area contributed by atoms with Crippen molar-refractivity contribution in [3.05, 3.63) is 118 Å².